The number of para-hydroxylation sites is 1. The average molecular weight is 467 g/mol. The van der Waals surface area contributed by atoms with Crippen LogP contribution in [0.15, 0.2) is 66.9 Å². The first-order valence-electron chi connectivity index (χ1n) is 12.7. The predicted molar refractivity (Wildman–Crippen MR) is 150 cm³/mol. The summed E-state index contributed by atoms with van der Waals surface area (Å²) >= 11 is 0. The van der Waals surface area contributed by atoms with Crippen LogP contribution in [0.3, 0.4) is 0 Å². The first kappa shape index (κ1) is 21.1. The SMILES string of the molecule is CCC(C)(C)c1cc2cc[n+](C)c3c4c(C)c5ccccc5c(C#N)c4n4c5ccccc5c1c4c23. The molecule has 0 aliphatic carbocycles. The molecule has 0 atom stereocenters. The number of aryl methyl sites for hydroxylation is 2. The molecule has 36 heavy (non-hydrogen) atoms. The molecule has 0 bridgehead atoms. The molecule has 3 nitrogen and oxygen atoms in total. The number of rotatable bonds is 2. The summed E-state index contributed by atoms with van der Waals surface area (Å²) < 4.78 is 4.65. The van der Waals surface area contributed by atoms with Crippen molar-refractivity contribution in [2.24, 2.45) is 7.05 Å². The lowest BCUT2D eigenvalue weighted by molar-refractivity contribution is -0.643. The Morgan fingerprint density at radius 1 is 0.889 bits per heavy atom. The minimum absolute atomic E-state index is 0.0129. The lowest BCUT2D eigenvalue weighted by Crippen LogP contribution is -2.29. The Morgan fingerprint density at radius 2 is 1.58 bits per heavy atom. The van der Waals surface area contributed by atoms with Gasteiger partial charge in [-0.25, -0.2) is 4.57 Å². The number of benzene rings is 4. The lowest BCUT2D eigenvalue weighted by atomic mass is 9.78. The fourth-order valence-electron chi connectivity index (χ4n) is 6.49. The number of nitrogens with zero attached hydrogens (tertiary/aromatic N) is 3. The molecule has 4 aromatic carbocycles. The van der Waals surface area contributed by atoms with Crippen molar-refractivity contribution in [3.63, 3.8) is 0 Å². The maximum absolute atomic E-state index is 10.6. The van der Waals surface area contributed by atoms with Crippen LogP contribution < -0.4 is 4.57 Å². The Balaban J connectivity index is 1.98. The number of hydrogen-bond acceptors (Lipinski definition) is 1. The molecule has 0 N–H and O–H groups in total. The molecule has 3 aromatic heterocycles. The van der Waals surface area contributed by atoms with E-state index in [-0.39, 0.29) is 5.41 Å². The molecule has 0 saturated heterocycles. The number of hydrogen-bond donors (Lipinski definition) is 0. The van der Waals surface area contributed by atoms with Crippen molar-refractivity contribution in [2.45, 2.75) is 39.5 Å². The van der Waals surface area contributed by atoms with Gasteiger partial charge < -0.3 is 4.40 Å². The molecule has 3 heteroatoms. The summed E-state index contributed by atoms with van der Waals surface area (Å²) in [6.45, 7) is 9.18. The van der Waals surface area contributed by atoms with E-state index in [1.807, 2.05) is 6.07 Å². The normalized spacial score (nSPS) is 12.7. The van der Waals surface area contributed by atoms with E-state index >= 15 is 0 Å². The van der Waals surface area contributed by atoms with Gasteiger partial charge in [-0.2, -0.15) is 5.26 Å². The Bertz CT molecular complexity index is 2080. The lowest BCUT2D eigenvalue weighted by Gasteiger charge is -2.26. The van der Waals surface area contributed by atoms with E-state index in [2.05, 4.69) is 111 Å². The third kappa shape index (κ3) is 2.39. The Hall–Kier alpha value is -4.16. The number of aromatic nitrogens is 2. The van der Waals surface area contributed by atoms with Crippen LogP contribution in [0.2, 0.25) is 0 Å². The highest BCUT2D eigenvalue weighted by atomic mass is 15.0. The van der Waals surface area contributed by atoms with E-state index in [9.17, 15) is 5.26 Å². The first-order chi connectivity index (χ1) is 17.4. The second-order valence-electron chi connectivity index (χ2n) is 10.9. The van der Waals surface area contributed by atoms with Gasteiger partial charge in [0.05, 0.1) is 32.9 Å². The van der Waals surface area contributed by atoms with Crippen molar-refractivity contribution in [3.8, 4) is 6.07 Å². The van der Waals surface area contributed by atoms with Gasteiger partial charge in [0.15, 0.2) is 6.20 Å². The van der Waals surface area contributed by atoms with Crippen molar-refractivity contribution >= 4 is 59.8 Å². The van der Waals surface area contributed by atoms with E-state index in [4.69, 9.17) is 0 Å². The first-order valence-corrected chi connectivity index (χ1v) is 12.7. The van der Waals surface area contributed by atoms with E-state index in [0.717, 1.165) is 39.2 Å². The average Bonchev–Trinajstić information content (AvgIpc) is 3.24. The Morgan fingerprint density at radius 3 is 2.31 bits per heavy atom. The van der Waals surface area contributed by atoms with E-state index < -0.39 is 0 Å². The summed E-state index contributed by atoms with van der Waals surface area (Å²) in [7, 11) is 2.13. The Kier molecular flexibility index (Phi) is 4.09. The second-order valence-corrected chi connectivity index (χ2v) is 10.9. The van der Waals surface area contributed by atoms with Gasteiger partial charge in [0, 0.05) is 22.2 Å². The molecule has 0 amide bonds. The highest BCUT2D eigenvalue weighted by molar-refractivity contribution is 6.30. The molecule has 0 spiro atoms. The highest BCUT2D eigenvalue weighted by Crippen LogP contribution is 2.47. The van der Waals surface area contributed by atoms with Crippen molar-refractivity contribution in [3.05, 3.63) is 83.6 Å². The smallest absolute Gasteiger partial charge is 0.224 e. The van der Waals surface area contributed by atoms with Crippen LogP contribution in [0.25, 0.3) is 59.8 Å². The molecule has 7 rings (SSSR count). The summed E-state index contributed by atoms with van der Waals surface area (Å²) in [6.07, 6.45) is 3.22. The minimum atomic E-state index is 0.0129. The summed E-state index contributed by atoms with van der Waals surface area (Å²) in [5.74, 6) is 0. The third-order valence-corrected chi connectivity index (χ3v) is 8.67. The van der Waals surface area contributed by atoms with Gasteiger partial charge >= 0.3 is 0 Å². The van der Waals surface area contributed by atoms with E-state index in [1.165, 1.54) is 43.7 Å². The molecule has 3 heterocycles. The van der Waals surface area contributed by atoms with Crippen LogP contribution in [0, 0.1) is 18.3 Å². The van der Waals surface area contributed by atoms with Crippen molar-refractivity contribution in [2.75, 3.05) is 0 Å². The summed E-state index contributed by atoms with van der Waals surface area (Å²) in [5.41, 5.74) is 7.97. The fourth-order valence-corrected chi connectivity index (χ4v) is 6.49. The second kappa shape index (κ2) is 6.95. The standard InChI is InChI=1S/C33H28N3/c1-6-33(3,4)25-17-20-15-16-35(5)31-27-19(2)21-11-7-8-12-22(21)24(18-34)30(27)36-26-14-10-9-13-23(26)29(25)32(36)28(20)31/h7-17H,6H2,1-5H3/q+1. The molecule has 0 aliphatic heterocycles. The van der Waals surface area contributed by atoms with Gasteiger partial charge in [-0.15, -0.1) is 0 Å². The van der Waals surface area contributed by atoms with Gasteiger partial charge in [-0.05, 0) is 52.8 Å². The van der Waals surface area contributed by atoms with Crippen LogP contribution in [0.5, 0.6) is 0 Å². The van der Waals surface area contributed by atoms with Crippen LogP contribution >= 0.6 is 0 Å². The molecule has 0 fully saturated rings. The number of pyridine rings is 2. The molecule has 0 unspecified atom stereocenters. The molecule has 0 aliphatic rings. The molecule has 7 aromatic rings. The summed E-state index contributed by atoms with van der Waals surface area (Å²) in [6, 6.07) is 24.4. The van der Waals surface area contributed by atoms with Crippen LogP contribution in [0.1, 0.15) is 43.9 Å². The fraction of sp³-hybridized carbons (Fsp3) is 0.212. The van der Waals surface area contributed by atoms with Crippen LogP contribution in [-0.4, -0.2) is 4.40 Å². The zero-order chi connectivity index (χ0) is 24.9. The largest absolute Gasteiger partial charge is 0.306 e. The monoisotopic (exact) mass is 466 g/mol. The predicted octanol–water partition coefficient (Wildman–Crippen LogP) is 7.84. The van der Waals surface area contributed by atoms with Gasteiger partial charge in [0.2, 0.25) is 5.52 Å². The van der Waals surface area contributed by atoms with Crippen LogP contribution in [-0.2, 0) is 12.5 Å². The molecule has 0 radical (unpaired) electrons. The van der Waals surface area contributed by atoms with Crippen LogP contribution in [0.4, 0.5) is 0 Å². The van der Waals surface area contributed by atoms with Gasteiger partial charge in [-0.1, -0.05) is 63.2 Å². The molecular formula is C33H28N3+. The van der Waals surface area contributed by atoms with Gasteiger partial charge in [0.1, 0.15) is 13.1 Å². The minimum Gasteiger partial charge on any atom is -0.306 e. The quantitative estimate of drug-likeness (QED) is 0.145. The number of nitriles is 1. The zero-order valence-electron chi connectivity index (χ0n) is 21.4. The summed E-state index contributed by atoms with van der Waals surface area (Å²) in [5, 5.41) is 19.0. The maximum Gasteiger partial charge on any atom is 0.224 e. The van der Waals surface area contributed by atoms with E-state index in [1.54, 1.807) is 0 Å². The zero-order valence-corrected chi connectivity index (χ0v) is 21.4. The van der Waals surface area contributed by atoms with Crippen molar-refractivity contribution in [1.29, 1.82) is 5.26 Å². The summed E-state index contributed by atoms with van der Waals surface area (Å²) in [4.78, 5) is 0. The third-order valence-electron chi connectivity index (χ3n) is 8.67. The number of fused-ring (bicyclic) bond motifs is 7. The molecular weight excluding hydrogens is 438 g/mol. The van der Waals surface area contributed by atoms with E-state index in [0.29, 0.717) is 0 Å². The maximum atomic E-state index is 10.6. The van der Waals surface area contributed by atoms with Gasteiger partial charge in [0.25, 0.3) is 0 Å². The van der Waals surface area contributed by atoms with Crippen molar-refractivity contribution in [1.82, 2.24) is 4.40 Å². The topological polar surface area (TPSA) is 32.1 Å². The molecule has 0 saturated carbocycles. The Labute approximate surface area is 210 Å². The van der Waals surface area contributed by atoms with Crippen molar-refractivity contribution < 1.29 is 4.57 Å². The van der Waals surface area contributed by atoms with Gasteiger partial charge in [-0.3, -0.25) is 0 Å². The molecule has 174 valence electrons. The highest BCUT2D eigenvalue weighted by Gasteiger charge is 2.31.